The number of carboxylic acids is 1. The summed E-state index contributed by atoms with van der Waals surface area (Å²) in [5.41, 5.74) is 2.33. The van der Waals surface area contributed by atoms with Crippen LogP contribution < -0.4 is 4.90 Å². The van der Waals surface area contributed by atoms with E-state index in [-0.39, 0.29) is 18.4 Å². The molecule has 3 nitrogen and oxygen atoms in total. The van der Waals surface area contributed by atoms with Gasteiger partial charge in [0.1, 0.15) is 0 Å². The van der Waals surface area contributed by atoms with Gasteiger partial charge in [0, 0.05) is 24.7 Å². The number of nitrogens with zero attached hydrogens (tertiary/aromatic N) is 1. The molecule has 0 saturated carbocycles. The van der Waals surface area contributed by atoms with Crippen molar-refractivity contribution in [2.24, 2.45) is 0 Å². The van der Waals surface area contributed by atoms with E-state index in [0.29, 0.717) is 0 Å². The topological polar surface area (TPSA) is 40.5 Å². The van der Waals surface area contributed by atoms with Gasteiger partial charge in [-0.05, 0) is 18.6 Å². The Morgan fingerprint density at radius 2 is 2.13 bits per heavy atom. The van der Waals surface area contributed by atoms with Crippen LogP contribution in [-0.4, -0.2) is 24.2 Å². The molecule has 80 valence electrons. The molecule has 2 rings (SSSR count). The van der Waals surface area contributed by atoms with Gasteiger partial charge in [-0.3, -0.25) is 4.79 Å². The monoisotopic (exact) mass is 205 g/mol. The average molecular weight is 205 g/mol. The fourth-order valence-corrected chi connectivity index (χ4v) is 2.34. The number of carboxylic acid groups (broad SMARTS) is 1. The summed E-state index contributed by atoms with van der Waals surface area (Å²) in [6, 6.07) is 8.31. The summed E-state index contributed by atoms with van der Waals surface area (Å²) in [7, 11) is 2.02. The summed E-state index contributed by atoms with van der Waals surface area (Å²) >= 11 is 0. The van der Waals surface area contributed by atoms with Crippen molar-refractivity contribution >= 4 is 11.7 Å². The highest BCUT2D eigenvalue weighted by Gasteiger charge is 2.34. The molecule has 2 atom stereocenters. The molecule has 0 aromatic heterocycles. The Balaban J connectivity index is 2.37. The molecule has 0 aliphatic carbocycles. The largest absolute Gasteiger partial charge is 0.481 e. The molecule has 1 aliphatic heterocycles. The van der Waals surface area contributed by atoms with Crippen LogP contribution in [0.5, 0.6) is 0 Å². The minimum absolute atomic E-state index is 0.115. The minimum Gasteiger partial charge on any atom is -0.481 e. The normalized spacial score (nSPS) is 24.0. The van der Waals surface area contributed by atoms with E-state index in [1.165, 1.54) is 0 Å². The molecule has 1 heterocycles. The maximum atomic E-state index is 10.8. The van der Waals surface area contributed by atoms with E-state index in [0.717, 1.165) is 11.3 Å². The van der Waals surface area contributed by atoms with E-state index < -0.39 is 5.97 Å². The smallest absolute Gasteiger partial charge is 0.304 e. The van der Waals surface area contributed by atoms with Crippen molar-refractivity contribution in [1.29, 1.82) is 0 Å². The lowest BCUT2D eigenvalue weighted by Gasteiger charge is -2.21. The van der Waals surface area contributed by atoms with E-state index in [2.05, 4.69) is 11.8 Å². The number of fused-ring (bicyclic) bond motifs is 1. The van der Waals surface area contributed by atoms with Gasteiger partial charge in [0.15, 0.2) is 0 Å². The average Bonchev–Trinajstić information content (AvgIpc) is 2.44. The van der Waals surface area contributed by atoms with Crippen molar-refractivity contribution < 1.29 is 9.90 Å². The molecule has 0 bridgehead atoms. The summed E-state index contributed by atoms with van der Waals surface area (Å²) in [5.74, 6) is -0.611. The molecule has 3 heteroatoms. The van der Waals surface area contributed by atoms with Crippen LogP contribution in [0.25, 0.3) is 0 Å². The third kappa shape index (κ3) is 1.58. The highest BCUT2D eigenvalue weighted by atomic mass is 16.4. The fourth-order valence-electron chi connectivity index (χ4n) is 2.34. The Morgan fingerprint density at radius 3 is 2.80 bits per heavy atom. The number of hydrogen-bond acceptors (Lipinski definition) is 2. The lowest BCUT2D eigenvalue weighted by atomic mass is 9.93. The van der Waals surface area contributed by atoms with Crippen LogP contribution in [0.2, 0.25) is 0 Å². The fraction of sp³-hybridized carbons (Fsp3) is 0.417. The summed E-state index contributed by atoms with van der Waals surface area (Å²) in [5, 5.41) is 8.88. The van der Waals surface area contributed by atoms with Crippen molar-refractivity contribution in [2.75, 3.05) is 11.9 Å². The van der Waals surface area contributed by atoms with Gasteiger partial charge in [-0.15, -0.1) is 0 Å². The van der Waals surface area contributed by atoms with Crippen LogP contribution in [-0.2, 0) is 4.79 Å². The molecule has 1 aromatic carbocycles. The molecule has 0 saturated heterocycles. The van der Waals surface area contributed by atoms with Gasteiger partial charge >= 0.3 is 5.97 Å². The van der Waals surface area contributed by atoms with Gasteiger partial charge in [-0.25, -0.2) is 0 Å². The van der Waals surface area contributed by atoms with E-state index in [1.54, 1.807) is 0 Å². The van der Waals surface area contributed by atoms with Crippen molar-refractivity contribution in [2.45, 2.75) is 25.3 Å². The molecule has 15 heavy (non-hydrogen) atoms. The Labute approximate surface area is 89.3 Å². The third-order valence-electron chi connectivity index (χ3n) is 3.30. The van der Waals surface area contributed by atoms with Gasteiger partial charge in [-0.2, -0.15) is 0 Å². The Morgan fingerprint density at radius 1 is 1.47 bits per heavy atom. The highest BCUT2D eigenvalue weighted by Crippen LogP contribution is 2.41. The number of rotatable bonds is 2. The van der Waals surface area contributed by atoms with E-state index >= 15 is 0 Å². The summed E-state index contributed by atoms with van der Waals surface area (Å²) in [6.45, 7) is 2.08. The van der Waals surface area contributed by atoms with E-state index in [4.69, 9.17) is 5.11 Å². The van der Waals surface area contributed by atoms with Crippen LogP contribution in [0.15, 0.2) is 24.3 Å². The quantitative estimate of drug-likeness (QED) is 0.803. The molecule has 0 fully saturated rings. The number of para-hydroxylation sites is 1. The first-order chi connectivity index (χ1) is 7.11. The maximum Gasteiger partial charge on any atom is 0.304 e. The Hall–Kier alpha value is -1.51. The molecular weight excluding hydrogens is 190 g/mol. The van der Waals surface area contributed by atoms with Crippen molar-refractivity contribution in [3.8, 4) is 0 Å². The second kappa shape index (κ2) is 3.57. The van der Waals surface area contributed by atoms with E-state index in [1.807, 2.05) is 31.3 Å². The minimum atomic E-state index is -0.725. The van der Waals surface area contributed by atoms with Crippen molar-refractivity contribution in [3.05, 3.63) is 29.8 Å². The van der Waals surface area contributed by atoms with Gasteiger partial charge in [0.05, 0.1) is 6.42 Å². The zero-order valence-corrected chi connectivity index (χ0v) is 8.97. The van der Waals surface area contributed by atoms with Crippen LogP contribution >= 0.6 is 0 Å². The highest BCUT2D eigenvalue weighted by molar-refractivity contribution is 5.71. The first-order valence-electron chi connectivity index (χ1n) is 5.15. The number of aliphatic carboxylic acids is 1. The second-order valence-electron chi connectivity index (χ2n) is 4.11. The Kier molecular flexibility index (Phi) is 2.39. The lowest BCUT2D eigenvalue weighted by molar-refractivity contribution is -0.137. The number of carbonyl (C=O) groups is 1. The van der Waals surface area contributed by atoms with Gasteiger partial charge in [0.25, 0.3) is 0 Å². The lowest BCUT2D eigenvalue weighted by Crippen LogP contribution is -2.28. The summed E-state index contributed by atoms with van der Waals surface area (Å²) in [6.07, 6.45) is 0.211. The SMILES string of the molecule is CC1C(CC(=O)O)c2ccccc2N1C. The summed E-state index contributed by atoms with van der Waals surface area (Å²) in [4.78, 5) is 13.0. The molecule has 0 amide bonds. The predicted molar refractivity (Wildman–Crippen MR) is 59.3 cm³/mol. The molecule has 0 spiro atoms. The second-order valence-corrected chi connectivity index (χ2v) is 4.11. The Bertz CT molecular complexity index is 389. The molecule has 2 unspecified atom stereocenters. The molecule has 1 aliphatic rings. The zero-order chi connectivity index (χ0) is 11.0. The van der Waals surface area contributed by atoms with Gasteiger partial charge in [0.2, 0.25) is 0 Å². The van der Waals surface area contributed by atoms with E-state index in [9.17, 15) is 4.79 Å². The van der Waals surface area contributed by atoms with Crippen molar-refractivity contribution in [3.63, 3.8) is 0 Å². The number of benzene rings is 1. The standard InChI is InChI=1S/C12H15NO2/c1-8-10(7-12(14)15)9-5-3-4-6-11(9)13(8)2/h3-6,8,10H,7H2,1-2H3,(H,14,15). The first kappa shape index (κ1) is 10.0. The number of anilines is 1. The van der Waals surface area contributed by atoms with Gasteiger partial charge in [-0.1, -0.05) is 18.2 Å². The third-order valence-corrected chi connectivity index (χ3v) is 3.30. The molecule has 0 radical (unpaired) electrons. The van der Waals surface area contributed by atoms with Gasteiger partial charge < -0.3 is 10.0 Å². The first-order valence-corrected chi connectivity index (χ1v) is 5.15. The number of hydrogen-bond donors (Lipinski definition) is 1. The summed E-state index contributed by atoms with van der Waals surface area (Å²) < 4.78 is 0. The van der Waals surface area contributed by atoms with Crippen molar-refractivity contribution in [1.82, 2.24) is 0 Å². The maximum absolute atomic E-state index is 10.8. The van der Waals surface area contributed by atoms with Crippen LogP contribution in [0.4, 0.5) is 5.69 Å². The molecule has 1 aromatic rings. The zero-order valence-electron chi connectivity index (χ0n) is 8.97. The predicted octanol–water partition coefficient (Wildman–Crippen LogP) is 2.08. The molecular formula is C12H15NO2. The molecule has 1 N–H and O–H groups in total. The van der Waals surface area contributed by atoms with Crippen LogP contribution in [0.1, 0.15) is 24.8 Å². The number of likely N-dealkylation sites (N-methyl/N-ethyl adjacent to an activating group) is 1. The van der Waals surface area contributed by atoms with Crippen LogP contribution in [0.3, 0.4) is 0 Å². The van der Waals surface area contributed by atoms with Crippen LogP contribution in [0, 0.1) is 0 Å².